The first kappa shape index (κ1) is 15.6. The number of thiocarbonyl (C=S) groups is 1. The van der Waals surface area contributed by atoms with Crippen molar-refractivity contribution in [2.75, 3.05) is 6.54 Å². The van der Waals surface area contributed by atoms with Gasteiger partial charge in [0.2, 0.25) is 0 Å². The minimum atomic E-state index is 0.575. The minimum absolute atomic E-state index is 0.575. The van der Waals surface area contributed by atoms with Crippen LogP contribution in [0.15, 0.2) is 35.4 Å². The monoisotopic (exact) mass is 277 g/mol. The van der Waals surface area contributed by atoms with Crippen LogP contribution < -0.4 is 10.7 Å². The first-order valence-corrected chi connectivity index (χ1v) is 7.34. The van der Waals surface area contributed by atoms with Gasteiger partial charge in [-0.3, -0.25) is 5.43 Å². The molecule has 0 radical (unpaired) electrons. The molecule has 1 aromatic carbocycles. The molecule has 19 heavy (non-hydrogen) atoms. The SMILES string of the molecule is CCCCC/C(=N/NC(=S)NCC)c1ccccc1. The van der Waals surface area contributed by atoms with E-state index in [1.54, 1.807) is 0 Å². The topological polar surface area (TPSA) is 36.4 Å². The molecule has 3 nitrogen and oxygen atoms in total. The predicted molar refractivity (Wildman–Crippen MR) is 86.5 cm³/mol. The fraction of sp³-hybridized carbons (Fsp3) is 0.467. The van der Waals surface area contributed by atoms with Gasteiger partial charge in [0, 0.05) is 6.54 Å². The quantitative estimate of drug-likeness (QED) is 0.347. The molecule has 104 valence electrons. The second-order valence-electron chi connectivity index (χ2n) is 4.35. The molecule has 0 bridgehead atoms. The van der Waals surface area contributed by atoms with Crippen LogP contribution in [0.3, 0.4) is 0 Å². The average Bonchev–Trinajstić information content (AvgIpc) is 2.44. The molecule has 1 aromatic rings. The van der Waals surface area contributed by atoms with Crippen LogP contribution in [0.25, 0.3) is 0 Å². The smallest absolute Gasteiger partial charge is 0.186 e. The van der Waals surface area contributed by atoms with Crippen LogP contribution in [0.5, 0.6) is 0 Å². The highest BCUT2D eigenvalue weighted by Gasteiger charge is 2.03. The van der Waals surface area contributed by atoms with E-state index in [4.69, 9.17) is 12.2 Å². The molecular formula is C15H23N3S. The number of hydrogen-bond donors (Lipinski definition) is 2. The Balaban J connectivity index is 2.69. The van der Waals surface area contributed by atoms with Gasteiger partial charge in [0.1, 0.15) is 0 Å². The number of benzene rings is 1. The number of hydrogen-bond acceptors (Lipinski definition) is 2. The molecule has 0 aliphatic carbocycles. The van der Waals surface area contributed by atoms with E-state index >= 15 is 0 Å². The molecule has 0 saturated heterocycles. The van der Waals surface area contributed by atoms with E-state index in [-0.39, 0.29) is 0 Å². The van der Waals surface area contributed by atoms with Gasteiger partial charge < -0.3 is 5.32 Å². The standard InChI is InChI=1S/C15H23N3S/c1-3-5-7-12-14(13-10-8-6-9-11-13)17-18-15(19)16-4-2/h6,8-11H,3-5,7,12H2,1-2H3,(H2,16,18,19)/b17-14-. The van der Waals surface area contributed by atoms with Crippen LogP contribution in [0.2, 0.25) is 0 Å². The third kappa shape index (κ3) is 6.34. The lowest BCUT2D eigenvalue weighted by Crippen LogP contribution is -2.32. The van der Waals surface area contributed by atoms with Gasteiger partial charge in [0.15, 0.2) is 5.11 Å². The van der Waals surface area contributed by atoms with E-state index in [9.17, 15) is 0 Å². The Morgan fingerprint density at radius 2 is 1.89 bits per heavy atom. The molecule has 4 heteroatoms. The lowest BCUT2D eigenvalue weighted by atomic mass is 10.0. The highest BCUT2D eigenvalue weighted by molar-refractivity contribution is 7.80. The molecule has 0 spiro atoms. The van der Waals surface area contributed by atoms with Crippen molar-refractivity contribution in [2.24, 2.45) is 5.10 Å². The Morgan fingerprint density at radius 1 is 1.16 bits per heavy atom. The summed E-state index contributed by atoms with van der Waals surface area (Å²) in [6, 6.07) is 10.3. The Bertz CT molecular complexity index is 401. The Morgan fingerprint density at radius 3 is 2.53 bits per heavy atom. The molecule has 0 fully saturated rings. The normalized spacial score (nSPS) is 11.2. The summed E-state index contributed by atoms with van der Waals surface area (Å²) < 4.78 is 0. The van der Waals surface area contributed by atoms with Crippen molar-refractivity contribution in [3.05, 3.63) is 35.9 Å². The van der Waals surface area contributed by atoms with Crippen molar-refractivity contribution in [1.29, 1.82) is 0 Å². The van der Waals surface area contributed by atoms with Crippen molar-refractivity contribution < 1.29 is 0 Å². The molecular weight excluding hydrogens is 254 g/mol. The van der Waals surface area contributed by atoms with Crippen LogP contribution >= 0.6 is 12.2 Å². The van der Waals surface area contributed by atoms with Crippen molar-refractivity contribution in [1.82, 2.24) is 10.7 Å². The summed E-state index contributed by atoms with van der Waals surface area (Å²) in [5.74, 6) is 0. The van der Waals surface area contributed by atoms with Crippen LogP contribution in [-0.2, 0) is 0 Å². The molecule has 0 saturated carbocycles. The van der Waals surface area contributed by atoms with E-state index in [1.807, 2.05) is 25.1 Å². The zero-order valence-electron chi connectivity index (χ0n) is 11.8. The molecule has 0 unspecified atom stereocenters. The summed E-state index contributed by atoms with van der Waals surface area (Å²) >= 11 is 5.13. The lowest BCUT2D eigenvalue weighted by molar-refractivity contribution is 0.739. The van der Waals surface area contributed by atoms with E-state index in [2.05, 4.69) is 34.9 Å². The molecule has 2 N–H and O–H groups in total. The Labute approximate surface area is 121 Å². The maximum absolute atomic E-state index is 5.13. The third-order valence-electron chi connectivity index (χ3n) is 2.75. The van der Waals surface area contributed by atoms with Gasteiger partial charge in [0.05, 0.1) is 5.71 Å². The summed E-state index contributed by atoms with van der Waals surface area (Å²) in [7, 11) is 0. The van der Waals surface area contributed by atoms with Crippen LogP contribution in [0.1, 0.15) is 45.1 Å². The zero-order valence-corrected chi connectivity index (χ0v) is 12.6. The van der Waals surface area contributed by atoms with Crippen molar-refractivity contribution in [3.63, 3.8) is 0 Å². The van der Waals surface area contributed by atoms with Crippen molar-refractivity contribution >= 4 is 23.0 Å². The van der Waals surface area contributed by atoms with Crippen molar-refractivity contribution in [3.8, 4) is 0 Å². The highest BCUT2D eigenvalue weighted by Crippen LogP contribution is 2.08. The summed E-state index contributed by atoms with van der Waals surface area (Å²) in [6.07, 6.45) is 4.56. The van der Waals surface area contributed by atoms with Crippen LogP contribution in [-0.4, -0.2) is 17.4 Å². The fourth-order valence-electron chi connectivity index (χ4n) is 1.76. The highest BCUT2D eigenvalue weighted by atomic mass is 32.1. The molecule has 0 amide bonds. The molecule has 0 heterocycles. The summed E-state index contributed by atoms with van der Waals surface area (Å²) in [5.41, 5.74) is 5.14. The van der Waals surface area contributed by atoms with Gasteiger partial charge >= 0.3 is 0 Å². The zero-order chi connectivity index (χ0) is 13.9. The first-order chi connectivity index (χ1) is 9.27. The molecule has 0 aliphatic heterocycles. The number of hydrazone groups is 1. The second kappa shape index (κ2) is 9.50. The van der Waals surface area contributed by atoms with Gasteiger partial charge in [-0.05, 0) is 37.5 Å². The average molecular weight is 277 g/mol. The Kier molecular flexibility index (Phi) is 7.82. The maximum atomic E-state index is 5.13. The van der Waals surface area contributed by atoms with Crippen LogP contribution in [0, 0.1) is 0 Å². The minimum Gasteiger partial charge on any atom is -0.362 e. The second-order valence-corrected chi connectivity index (χ2v) is 4.76. The van der Waals surface area contributed by atoms with Gasteiger partial charge in [-0.15, -0.1) is 0 Å². The summed E-state index contributed by atoms with van der Waals surface area (Å²) in [6.45, 7) is 5.02. The molecule has 0 aromatic heterocycles. The lowest BCUT2D eigenvalue weighted by Gasteiger charge is -2.09. The predicted octanol–water partition coefficient (Wildman–Crippen LogP) is 3.46. The van der Waals surface area contributed by atoms with E-state index in [1.165, 1.54) is 12.8 Å². The van der Waals surface area contributed by atoms with E-state index < -0.39 is 0 Å². The first-order valence-electron chi connectivity index (χ1n) is 6.93. The molecule has 1 rings (SSSR count). The number of nitrogens with one attached hydrogen (secondary N) is 2. The summed E-state index contributed by atoms with van der Waals surface area (Å²) in [4.78, 5) is 0. The summed E-state index contributed by atoms with van der Waals surface area (Å²) in [5, 5.41) is 8.06. The number of nitrogens with zero attached hydrogens (tertiary/aromatic N) is 1. The number of rotatable bonds is 7. The van der Waals surface area contributed by atoms with Gasteiger partial charge in [-0.1, -0.05) is 50.1 Å². The third-order valence-corrected chi connectivity index (χ3v) is 2.99. The van der Waals surface area contributed by atoms with Gasteiger partial charge in [0.25, 0.3) is 0 Å². The van der Waals surface area contributed by atoms with Gasteiger partial charge in [-0.2, -0.15) is 5.10 Å². The maximum Gasteiger partial charge on any atom is 0.186 e. The van der Waals surface area contributed by atoms with E-state index in [0.29, 0.717) is 5.11 Å². The molecule has 0 aliphatic rings. The van der Waals surface area contributed by atoms with E-state index in [0.717, 1.165) is 30.7 Å². The van der Waals surface area contributed by atoms with Gasteiger partial charge in [-0.25, -0.2) is 0 Å². The largest absolute Gasteiger partial charge is 0.362 e. The Hall–Kier alpha value is -1.42. The van der Waals surface area contributed by atoms with Crippen LogP contribution in [0.4, 0.5) is 0 Å². The number of unbranched alkanes of at least 4 members (excludes halogenated alkanes) is 2. The van der Waals surface area contributed by atoms with Crippen molar-refractivity contribution in [2.45, 2.75) is 39.5 Å². The fourth-order valence-corrected chi connectivity index (χ4v) is 1.95. The molecule has 0 atom stereocenters.